The number of rotatable bonds is 6. The maximum absolute atomic E-state index is 13.2. The topological polar surface area (TPSA) is 88.6 Å². The lowest BCUT2D eigenvalue weighted by atomic mass is 9.99. The summed E-state index contributed by atoms with van der Waals surface area (Å²) in [5, 5.41) is 2.86. The van der Waals surface area contributed by atoms with Gasteiger partial charge in [0.1, 0.15) is 10.6 Å². The molecule has 1 aliphatic heterocycles. The second-order valence-electron chi connectivity index (χ2n) is 6.90. The zero-order valence-electron chi connectivity index (χ0n) is 16.1. The minimum atomic E-state index is -3.74. The summed E-state index contributed by atoms with van der Waals surface area (Å²) in [4.78, 5) is 16.9. The van der Waals surface area contributed by atoms with Crippen LogP contribution in [-0.2, 0) is 21.4 Å². The van der Waals surface area contributed by atoms with E-state index in [0.29, 0.717) is 31.7 Å². The van der Waals surface area contributed by atoms with Gasteiger partial charge >= 0.3 is 0 Å². The number of nitrogens with one attached hydrogen (secondary N) is 1. The number of aromatic nitrogens is 1. The molecule has 1 saturated heterocycles. The van der Waals surface area contributed by atoms with Gasteiger partial charge in [0.05, 0.1) is 25.3 Å². The number of methoxy groups -OCH3 is 1. The summed E-state index contributed by atoms with van der Waals surface area (Å²) in [6, 6.07) is 10.6. The van der Waals surface area contributed by atoms with E-state index in [1.807, 2.05) is 31.2 Å². The Morgan fingerprint density at radius 1 is 1.32 bits per heavy atom. The molecule has 0 saturated carbocycles. The van der Waals surface area contributed by atoms with E-state index in [2.05, 4.69) is 10.3 Å². The summed E-state index contributed by atoms with van der Waals surface area (Å²) in [6.45, 7) is 2.72. The van der Waals surface area contributed by atoms with Gasteiger partial charge in [-0.25, -0.2) is 8.42 Å². The zero-order chi connectivity index (χ0) is 20.1. The molecule has 3 rings (SSSR count). The first kappa shape index (κ1) is 20.3. The molecule has 0 unspecified atom stereocenters. The standard InChI is InChI=1S/C20H25N3O4S/c1-15-8-9-18(27-2)19(12-15)28(25,26)23-11-5-6-16(14-23)20(24)22-13-17-7-3-4-10-21-17/h3-4,7-10,12,16H,5-6,11,13-14H2,1-2H3,(H,22,24)/t16-/m1/s1. The zero-order valence-corrected chi connectivity index (χ0v) is 16.9. The lowest BCUT2D eigenvalue weighted by Crippen LogP contribution is -2.45. The summed E-state index contributed by atoms with van der Waals surface area (Å²) >= 11 is 0. The van der Waals surface area contributed by atoms with E-state index in [1.165, 1.54) is 11.4 Å². The van der Waals surface area contributed by atoms with Gasteiger partial charge in [-0.1, -0.05) is 12.1 Å². The Bertz CT molecular complexity index is 932. The summed E-state index contributed by atoms with van der Waals surface area (Å²) in [5.74, 6) is -0.225. The molecular formula is C20H25N3O4S. The Hall–Kier alpha value is -2.45. The lowest BCUT2D eigenvalue weighted by Gasteiger charge is -2.31. The fourth-order valence-electron chi connectivity index (χ4n) is 3.32. The average molecular weight is 404 g/mol. The smallest absolute Gasteiger partial charge is 0.246 e. The summed E-state index contributed by atoms with van der Waals surface area (Å²) in [5.41, 5.74) is 1.60. The second kappa shape index (κ2) is 8.70. The van der Waals surface area contributed by atoms with Crippen LogP contribution in [0.15, 0.2) is 47.5 Å². The maximum atomic E-state index is 13.2. The quantitative estimate of drug-likeness (QED) is 0.798. The fourth-order valence-corrected chi connectivity index (χ4v) is 5.09. The van der Waals surface area contributed by atoms with Crippen LogP contribution in [0.3, 0.4) is 0 Å². The van der Waals surface area contributed by atoms with Crippen LogP contribution in [0.5, 0.6) is 5.75 Å². The number of hydrogen-bond donors (Lipinski definition) is 1. The van der Waals surface area contributed by atoms with Crippen molar-refractivity contribution in [3.05, 3.63) is 53.9 Å². The Labute approximate surface area is 165 Å². The molecular weight excluding hydrogens is 378 g/mol. The molecule has 0 aliphatic carbocycles. The molecule has 1 N–H and O–H groups in total. The number of ether oxygens (including phenoxy) is 1. The summed E-state index contributed by atoms with van der Waals surface area (Å²) in [6.07, 6.45) is 2.96. The van der Waals surface area contributed by atoms with Gasteiger partial charge < -0.3 is 10.1 Å². The van der Waals surface area contributed by atoms with E-state index in [0.717, 1.165) is 11.3 Å². The van der Waals surface area contributed by atoms with Crippen molar-refractivity contribution in [2.75, 3.05) is 20.2 Å². The van der Waals surface area contributed by atoms with Crippen LogP contribution in [0.25, 0.3) is 0 Å². The van der Waals surface area contributed by atoms with E-state index in [1.54, 1.807) is 18.3 Å². The number of aryl methyl sites for hydroxylation is 1. The van der Waals surface area contributed by atoms with Gasteiger partial charge in [0, 0.05) is 19.3 Å². The van der Waals surface area contributed by atoms with Crippen molar-refractivity contribution < 1.29 is 17.9 Å². The molecule has 1 aromatic heterocycles. The van der Waals surface area contributed by atoms with Crippen LogP contribution in [0.2, 0.25) is 0 Å². The molecule has 8 heteroatoms. The number of carbonyl (C=O) groups excluding carboxylic acids is 1. The predicted molar refractivity (Wildman–Crippen MR) is 105 cm³/mol. The van der Waals surface area contributed by atoms with Crippen molar-refractivity contribution >= 4 is 15.9 Å². The number of carbonyl (C=O) groups is 1. The summed E-state index contributed by atoms with van der Waals surface area (Å²) < 4.78 is 33.0. The first-order chi connectivity index (χ1) is 13.4. The van der Waals surface area contributed by atoms with Gasteiger partial charge in [0.2, 0.25) is 15.9 Å². The molecule has 150 valence electrons. The third kappa shape index (κ3) is 4.51. The molecule has 1 fully saturated rings. The van der Waals surface area contributed by atoms with E-state index in [-0.39, 0.29) is 23.3 Å². The normalized spacial score (nSPS) is 17.9. The Morgan fingerprint density at radius 3 is 2.86 bits per heavy atom. The van der Waals surface area contributed by atoms with Crippen LogP contribution in [0.4, 0.5) is 0 Å². The number of piperidine rings is 1. The van der Waals surface area contributed by atoms with Gasteiger partial charge in [-0.2, -0.15) is 4.31 Å². The molecule has 2 heterocycles. The molecule has 2 aromatic rings. The highest BCUT2D eigenvalue weighted by Gasteiger charge is 2.34. The van der Waals surface area contributed by atoms with Crippen LogP contribution in [-0.4, -0.2) is 43.8 Å². The highest BCUT2D eigenvalue weighted by atomic mass is 32.2. The highest BCUT2D eigenvalue weighted by Crippen LogP contribution is 2.30. The molecule has 0 spiro atoms. The third-order valence-electron chi connectivity index (χ3n) is 4.86. The van der Waals surface area contributed by atoms with Crippen molar-refractivity contribution in [2.45, 2.75) is 31.2 Å². The van der Waals surface area contributed by atoms with Gasteiger partial charge in [-0.3, -0.25) is 9.78 Å². The maximum Gasteiger partial charge on any atom is 0.246 e. The Balaban J connectivity index is 1.72. The third-order valence-corrected chi connectivity index (χ3v) is 6.75. The number of pyridine rings is 1. The van der Waals surface area contributed by atoms with Crippen molar-refractivity contribution in [1.29, 1.82) is 0 Å². The number of sulfonamides is 1. The van der Waals surface area contributed by atoms with E-state index in [9.17, 15) is 13.2 Å². The minimum Gasteiger partial charge on any atom is -0.495 e. The fraction of sp³-hybridized carbons (Fsp3) is 0.400. The van der Waals surface area contributed by atoms with Gasteiger partial charge in [0.15, 0.2) is 0 Å². The number of nitrogens with zero attached hydrogens (tertiary/aromatic N) is 2. The molecule has 7 nitrogen and oxygen atoms in total. The molecule has 1 amide bonds. The van der Waals surface area contributed by atoms with Crippen molar-refractivity contribution in [3.63, 3.8) is 0 Å². The van der Waals surface area contributed by atoms with Crippen LogP contribution < -0.4 is 10.1 Å². The molecule has 1 atom stereocenters. The van der Waals surface area contributed by atoms with Crippen molar-refractivity contribution in [1.82, 2.24) is 14.6 Å². The van der Waals surface area contributed by atoms with Crippen molar-refractivity contribution in [2.24, 2.45) is 5.92 Å². The molecule has 1 aromatic carbocycles. The van der Waals surface area contributed by atoms with E-state index >= 15 is 0 Å². The average Bonchev–Trinajstić information content (AvgIpc) is 2.72. The predicted octanol–water partition coefficient (Wildman–Crippen LogP) is 2.12. The van der Waals surface area contributed by atoms with E-state index < -0.39 is 10.0 Å². The van der Waals surface area contributed by atoms with Crippen LogP contribution >= 0.6 is 0 Å². The van der Waals surface area contributed by atoms with Crippen LogP contribution in [0, 0.1) is 12.8 Å². The monoisotopic (exact) mass is 403 g/mol. The largest absolute Gasteiger partial charge is 0.495 e. The molecule has 28 heavy (non-hydrogen) atoms. The van der Waals surface area contributed by atoms with Crippen LogP contribution in [0.1, 0.15) is 24.1 Å². The highest BCUT2D eigenvalue weighted by molar-refractivity contribution is 7.89. The van der Waals surface area contributed by atoms with E-state index in [4.69, 9.17) is 4.74 Å². The Morgan fingerprint density at radius 2 is 2.14 bits per heavy atom. The number of hydrogen-bond acceptors (Lipinski definition) is 5. The summed E-state index contributed by atoms with van der Waals surface area (Å²) in [7, 11) is -2.29. The molecule has 0 bridgehead atoms. The SMILES string of the molecule is COc1ccc(C)cc1S(=O)(=O)N1CCC[C@@H](C(=O)NCc2ccccn2)C1. The Kier molecular flexibility index (Phi) is 6.31. The number of benzene rings is 1. The minimum absolute atomic E-state index is 0.143. The van der Waals surface area contributed by atoms with Gasteiger partial charge in [-0.15, -0.1) is 0 Å². The van der Waals surface area contributed by atoms with Crippen molar-refractivity contribution in [3.8, 4) is 5.75 Å². The number of amides is 1. The first-order valence-corrected chi connectivity index (χ1v) is 10.7. The van der Waals surface area contributed by atoms with Gasteiger partial charge in [0.25, 0.3) is 0 Å². The molecule has 0 radical (unpaired) electrons. The first-order valence-electron chi connectivity index (χ1n) is 9.24. The lowest BCUT2D eigenvalue weighted by molar-refractivity contribution is -0.126. The molecule has 1 aliphatic rings. The second-order valence-corrected chi connectivity index (χ2v) is 8.80. The van der Waals surface area contributed by atoms with Gasteiger partial charge in [-0.05, 0) is 49.6 Å².